The summed E-state index contributed by atoms with van der Waals surface area (Å²) in [5.74, 6) is -27.8. The van der Waals surface area contributed by atoms with Crippen molar-refractivity contribution in [2.24, 2.45) is 0 Å². The molecule has 0 atom stereocenters. The van der Waals surface area contributed by atoms with Gasteiger partial charge in [-0.3, -0.25) is 0 Å². The molecule has 0 amide bonds. The number of hydrogen-bond donors (Lipinski definition) is 0. The molecule has 136 valence electrons. The van der Waals surface area contributed by atoms with Crippen molar-refractivity contribution in [1.29, 1.82) is 0 Å². The largest absolute Gasteiger partial charge is 0.207 e. The summed E-state index contributed by atoms with van der Waals surface area (Å²) >= 11 is 3.92. The molecule has 0 aliphatic carbocycles. The van der Waals surface area contributed by atoms with Crippen molar-refractivity contribution in [1.82, 2.24) is 0 Å². The molecule has 0 saturated carbocycles. The van der Waals surface area contributed by atoms with Gasteiger partial charge in [0.15, 0.2) is 52.9 Å². The zero-order valence-electron chi connectivity index (χ0n) is 11.0. The van der Waals surface area contributed by atoms with Crippen LogP contribution in [0, 0.1) is 58.2 Å². The quantitative estimate of drug-likeness (QED) is 0.303. The molecule has 0 aliphatic heterocycles. The minimum atomic E-state index is -6.16. The van der Waals surface area contributed by atoms with Crippen molar-refractivity contribution >= 4 is 28.8 Å². The second-order valence-electron chi connectivity index (χ2n) is 4.37. The number of halogens is 11. The van der Waals surface area contributed by atoms with E-state index in [4.69, 9.17) is 0 Å². The normalized spacial score (nSPS) is 12.0. The minimum absolute atomic E-state index is 2.48. The predicted octanol–water partition coefficient (Wildman–Crippen LogP) is 4.39. The Kier molecular flexibility index (Phi) is 4.90. The second-order valence-corrected chi connectivity index (χ2v) is 7.84. The van der Waals surface area contributed by atoms with E-state index in [0.717, 1.165) is 0 Å². The first kappa shape index (κ1) is 19.6. The van der Waals surface area contributed by atoms with Crippen LogP contribution in [0.5, 0.6) is 0 Å². The van der Waals surface area contributed by atoms with Gasteiger partial charge in [0.25, 0.3) is 0 Å². The van der Waals surface area contributed by atoms with Gasteiger partial charge in [-0.15, -0.1) is 0 Å². The van der Waals surface area contributed by atoms with Gasteiger partial charge in [0.2, 0.25) is 11.6 Å². The van der Waals surface area contributed by atoms with Crippen LogP contribution in [0.3, 0.4) is 0 Å². The summed E-state index contributed by atoms with van der Waals surface area (Å²) in [7, 11) is 0. The molecular formula is C12F11PS. The molecule has 0 aliphatic rings. The van der Waals surface area contributed by atoms with E-state index in [1.165, 1.54) is 0 Å². The van der Waals surface area contributed by atoms with E-state index in [9.17, 15) is 48.1 Å². The molecule has 0 bridgehead atoms. The Morgan fingerprint density at radius 3 is 0.760 bits per heavy atom. The average molecular weight is 416 g/mol. The number of rotatable bonds is 2. The van der Waals surface area contributed by atoms with Gasteiger partial charge in [-0.1, -0.05) is 11.8 Å². The van der Waals surface area contributed by atoms with Crippen LogP contribution >= 0.6 is 6.35 Å². The zero-order valence-corrected chi connectivity index (χ0v) is 12.7. The van der Waals surface area contributed by atoms with Gasteiger partial charge in [0.05, 0.1) is 10.6 Å². The molecule has 0 fully saturated rings. The molecule has 2 aromatic carbocycles. The second kappa shape index (κ2) is 6.24. The Balaban J connectivity index is 2.99. The first-order chi connectivity index (χ1) is 11.4. The summed E-state index contributed by atoms with van der Waals surface area (Å²) in [4.78, 5) is 0. The van der Waals surface area contributed by atoms with Crippen molar-refractivity contribution < 1.29 is 48.1 Å². The van der Waals surface area contributed by atoms with E-state index in [-0.39, 0.29) is 0 Å². The molecule has 2 rings (SSSR count). The van der Waals surface area contributed by atoms with Crippen molar-refractivity contribution in [3.63, 3.8) is 0 Å². The lowest BCUT2D eigenvalue weighted by molar-refractivity contribution is 0.382. The molecule has 2 aromatic rings. The van der Waals surface area contributed by atoms with E-state index in [2.05, 4.69) is 11.8 Å². The molecule has 0 heterocycles. The predicted molar refractivity (Wildman–Crippen MR) is 67.1 cm³/mol. The molecule has 0 nitrogen and oxygen atoms in total. The Morgan fingerprint density at radius 2 is 0.560 bits per heavy atom. The van der Waals surface area contributed by atoms with Crippen LogP contribution in [0.4, 0.5) is 48.1 Å². The maximum absolute atomic E-state index is 14.6. The van der Waals surface area contributed by atoms with Crippen LogP contribution in [0.2, 0.25) is 0 Å². The highest BCUT2D eigenvalue weighted by atomic mass is 32.5. The van der Waals surface area contributed by atoms with Crippen molar-refractivity contribution in [2.45, 2.75) is 0 Å². The summed E-state index contributed by atoms with van der Waals surface area (Å²) in [6.45, 7) is 0. The van der Waals surface area contributed by atoms with Crippen LogP contribution in [-0.2, 0) is 11.8 Å². The van der Waals surface area contributed by atoms with Crippen molar-refractivity contribution in [2.75, 3.05) is 0 Å². The third kappa shape index (κ3) is 2.71. The summed E-state index contributed by atoms with van der Waals surface area (Å²) in [6, 6.07) is 0. The molecule has 13 heteroatoms. The van der Waals surface area contributed by atoms with Gasteiger partial charge in [-0.25, -0.2) is 48.1 Å². The minimum Gasteiger partial charge on any atom is -0.207 e. The molecule has 0 spiro atoms. The molecule has 0 unspecified atom stereocenters. The Morgan fingerprint density at radius 1 is 0.400 bits per heavy atom. The first-order valence-electron chi connectivity index (χ1n) is 5.69. The molecule has 25 heavy (non-hydrogen) atoms. The van der Waals surface area contributed by atoms with Crippen LogP contribution in [0.1, 0.15) is 0 Å². The summed E-state index contributed by atoms with van der Waals surface area (Å²) < 4.78 is 147. The summed E-state index contributed by atoms with van der Waals surface area (Å²) in [6.07, 6.45) is -6.16. The van der Waals surface area contributed by atoms with E-state index in [0.29, 0.717) is 0 Å². The van der Waals surface area contributed by atoms with E-state index in [1.807, 2.05) is 0 Å². The standard InChI is InChI=1S/C12F11PS/c13-1-3(15)7(19)11(8(20)4(1)16)24(23,25)12-9(21)5(17)2(14)6(18)10(12)22. The van der Waals surface area contributed by atoms with Crippen LogP contribution < -0.4 is 10.6 Å². The topological polar surface area (TPSA) is 0 Å². The van der Waals surface area contributed by atoms with E-state index >= 15 is 0 Å². The van der Waals surface area contributed by atoms with E-state index in [1.54, 1.807) is 0 Å². The monoisotopic (exact) mass is 416 g/mol. The third-order valence-corrected chi connectivity index (χ3v) is 5.98. The van der Waals surface area contributed by atoms with Crippen LogP contribution in [0.15, 0.2) is 0 Å². The highest BCUT2D eigenvalue weighted by Gasteiger charge is 2.42. The van der Waals surface area contributed by atoms with Gasteiger partial charge in [0, 0.05) is 0 Å². The fourth-order valence-corrected chi connectivity index (χ4v) is 4.39. The molecular weight excluding hydrogens is 416 g/mol. The highest BCUT2D eigenvalue weighted by molar-refractivity contribution is 8.19. The first-order valence-corrected chi connectivity index (χ1v) is 8.38. The Hall–Kier alpha value is -1.68. The van der Waals surface area contributed by atoms with Crippen molar-refractivity contribution in [3.8, 4) is 0 Å². The zero-order chi connectivity index (χ0) is 19.4. The average Bonchev–Trinajstić information content (AvgIpc) is 2.54. The smallest absolute Gasteiger partial charge is 0.200 e. The van der Waals surface area contributed by atoms with Gasteiger partial charge < -0.3 is 0 Å². The third-order valence-electron chi connectivity index (χ3n) is 2.95. The molecule has 0 saturated heterocycles. The lowest BCUT2D eigenvalue weighted by Crippen LogP contribution is -2.29. The van der Waals surface area contributed by atoms with Gasteiger partial charge >= 0.3 is 0 Å². The van der Waals surface area contributed by atoms with Crippen molar-refractivity contribution in [3.05, 3.63) is 58.2 Å². The summed E-state index contributed by atoms with van der Waals surface area (Å²) in [5, 5.41) is -4.97. The number of hydrogen-bond acceptors (Lipinski definition) is 1. The fourth-order valence-electron chi connectivity index (χ4n) is 1.80. The van der Waals surface area contributed by atoms with Gasteiger partial charge in [-0.05, 0) is 0 Å². The Labute approximate surface area is 136 Å². The van der Waals surface area contributed by atoms with E-state index < -0.39 is 75.1 Å². The van der Waals surface area contributed by atoms with Gasteiger partial charge in [0.1, 0.15) is 0 Å². The maximum atomic E-state index is 14.6. The lowest BCUT2D eigenvalue weighted by atomic mass is 10.3. The Bertz CT molecular complexity index is 824. The molecule has 0 N–H and O–H groups in total. The number of benzene rings is 2. The van der Waals surface area contributed by atoms with Crippen LogP contribution in [0.25, 0.3) is 0 Å². The maximum Gasteiger partial charge on any atom is 0.200 e. The lowest BCUT2D eigenvalue weighted by Gasteiger charge is -2.18. The summed E-state index contributed by atoms with van der Waals surface area (Å²) in [5.41, 5.74) is 0. The molecule has 0 radical (unpaired) electrons. The van der Waals surface area contributed by atoms with Gasteiger partial charge in [-0.2, -0.15) is 0 Å². The molecule has 0 aromatic heterocycles. The fraction of sp³-hybridized carbons (Fsp3) is 0. The van der Waals surface area contributed by atoms with Crippen LogP contribution in [-0.4, -0.2) is 0 Å². The SMILES string of the molecule is Fc1c(F)c(F)c(P(F)(=S)c2c(F)c(F)c(F)c(F)c2F)c(F)c1F. The highest BCUT2D eigenvalue weighted by Crippen LogP contribution is 2.49.